The van der Waals surface area contributed by atoms with Crippen LogP contribution in [0.4, 0.5) is 0 Å². The van der Waals surface area contributed by atoms with Crippen molar-refractivity contribution in [3.05, 3.63) is 34.2 Å². The lowest BCUT2D eigenvalue weighted by Crippen LogP contribution is -2.16. The highest BCUT2D eigenvalue weighted by Gasteiger charge is 2.19. The lowest BCUT2D eigenvalue weighted by Gasteiger charge is -2.17. The van der Waals surface area contributed by atoms with Gasteiger partial charge in [0.05, 0.1) is 0 Å². The second-order valence-corrected chi connectivity index (χ2v) is 4.13. The summed E-state index contributed by atoms with van der Waals surface area (Å²) in [4.78, 5) is 11.4. The first-order valence-corrected chi connectivity index (χ1v) is 5.38. The van der Waals surface area contributed by atoms with Gasteiger partial charge in [0, 0.05) is 12.5 Å². The van der Waals surface area contributed by atoms with E-state index in [0.29, 0.717) is 4.88 Å². The SMILES string of the molecule is O=C(O)c1sccc1C1C=CNCC1. The molecule has 1 unspecified atom stereocenters. The van der Waals surface area contributed by atoms with Gasteiger partial charge in [-0.3, -0.25) is 0 Å². The second kappa shape index (κ2) is 3.84. The molecule has 0 spiro atoms. The van der Waals surface area contributed by atoms with Crippen LogP contribution in [-0.2, 0) is 0 Å². The first-order valence-electron chi connectivity index (χ1n) is 4.50. The Morgan fingerprint density at radius 1 is 1.64 bits per heavy atom. The molecule has 4 heteroatoms. The van der Waals surface area contributed by atoms with E-state index in [0.717, 1.165) is 18.5 Å². The number of carbonyl (C=O) groups is 1. The van der Waals surface area contributed by atoms with Crippen LogP contribution in [0.1, 0.15) is 27.6 Å². The van der Waals surface area contributed by atoms with Gasteiger partial charge in [-0.2, -0.15) is 0 Å². The van der Waals surface area contributed by atoms with Crippen LogP contribution in [-0.4, -0.2) is 17.6 Å². The van der Waals surface area contributed by atoms with Crippen molar-refractivity contribution in [1.29, 1.82) is 0 Å². The number of aromatic carboxylic acids is 1. The maximum Gasteiger partial charge on any atom is 0.346 e. The lowest BCUT2D eigenvalue weighted by molar-refractivity contribution is 0.0701. The summed E-state index contributed by atoms with van der Waals surface area (Å²) in [5, 5.41) is 13.9. The van der Waals surface area contributed by atoms with Crippen LogP contribution >= 0.6 is 11.3 Å². The Bertz CT molecular complexity index is 370. The molecule has 2 N–H and O–H groups in total. The molecule has 1 aromatic heterocycles. The highest BCUT2D eigenvalue weighted by Crippen LogP contribution is 2.29. The molecular weight excluding hydrogens is 198 g/mol. The Labute approximate surface area is 86.1 Å². The van der Waals surface area contributed by atoms with E-state index in [2.05, 4.69) is 5.32 Å². The number of carboxylic acid groups (broad SMARTS) is 1. The average Bonchev–Trinajstić information content (AvgIpc) is 2.67. The number of nitrogens with one attached hydrogen (secondary N) is 1. The van der Waals surface area contributed by atoms with Crippen molar-refractivity contribution in [3.8, 4) is 0 Å². The van der Waals surface area contributed by atoms with Crippen LogP contribution in [0.2, 0.25) is 0 Å². The highest BCUT2D eigenvalue weighted by molar-refractivity contribution is 7.12. The summed E-state index contributed by atoms with van der Waals surface area (Å²) in [6, 6.07) is 1.91. The largest absolute Gasteiger partial charge is 0.477 e. The van der Waals surface area contributed by atoms with Gasteiger partial charge in [-0.05, 0) is 29.6 Å². The molecule has 1 aromatic rings. The van der Waals surface area contributed by atoms with Crippen molar-refractivity contribution in [2.24, 2.45) is 0 Å². The Morgan fingerprint density at radius 2 is 2.50 bits per heavy atom. The fourth-order valence-corrected chi connectivity index (χ4v) is 2.45. The molecule has 1 aliphatic rings. The van der Waals surface area contributed by atoms with E-state index in [1.807, 2.05) is 23.7 Å². The predicted octanol–water partition coefficient (Wildman–Crippen LogP) is 2.04. The monoisotopic (exact) mass is 209 g/mol. The summed E-state index contributed by atoms with van der Waals surface area (Å²) in [6.07, 6.45) is 4.89. The maximum atomic E-state index is 10.9. The third-order valence-electron chi connectivity index (χ3n) is 2.34. The second-order valence-electron chi connectivity index (χ2n) is 3.22. The summed E-state index contributed by atoms with van der Waals surface area (Å²) in [7, 11) is 0. The fourth-order valence-electron chi connectivity index (χ4n) is 1.65. The molecule has 0 amide bonds. The van der Waals surface area contributed by atoms with Gasteiger partial charge in [0.25, 0.3) is 0 Å². The fraction of sp³-hybridized carbons (Fsp3) is 0.300. The van der Waals surface area contributed by atoms with Crippen LogP contribution in [0.5, 0.6) is 0 Å². The quantitative estimate of drug-likeness (QED) is 0.783. The van der Waals surface area contributed by atoms with Crippen LogP contribution in [0.25, 0.3) is 0 Å². The molecule has 2 heterocycles. The molecule has 2 rings (SSSR count). The maximum absolute atomic E-state index is 10.9. The predicted molar refractivity (Wildman–Crippen MR) is 55.8 cm³/mol. The number of thiophene rings is 1. The molecule has 74 valence electrons. The van der Waals surface area contributed by atoms with Crippen molar-refractivity contribution in [3.63, 3.8) is 0 Å². The number of allylic oxidation sites excluding steroid dienone is 1. The summed E-state index contributed by atoms with van der Waals surface area (Å²) < 4.78 is 0. The van der Waals surface area contributed by atoms with Gasteiger partial charge in [-0.25, -0.2) is 4.79 Å². The van der Waals surface area contributed by atoms with Crippen molar-refractivity contribution in [1.82, 2.24) is 5.32 Å². The van der Waals surface area contributed by atoms with E-state index in [1.165, 1.54) is 11.3 Å². The number of carboxylic acids is 1. The minimum absolute atomic E-state index is 0.258. The van der Waals surface area contributed by atoms with Crippen LogP contribution in [0.3, 0.4) is 0 Å². The molecule has 0 aromatic carbocycles. The third-order valence-corrected chi connectivity index (χ3v) is 3.25. The van der Waals surface area contributed by atoms with Crippen molar-refractivity contribution in [2.75, 3.05) is 6.54 Å². The van der Waals surface area contributed by atoms with Crippen molar-refractivity contribution in [2.45, 2.75) is 12.3 Å². The first-order chi connectivity index (χ1) is 6.79. The Morgan fingerprint density at radius 3 is 3.14 bits per heavy atom. The van der Waals surface area contributed by atoms with Crippen LogP contribution in [0, 0.1) is 0 Å². The molecule has 1 atom stereocenters. The standard InChI is InChI=1S/C10H11NO2S/c12-10(13)9-8(3-6-14-9)7-1-4-11-5-2-7/h1,3-4,6-7,11H,2,5H2,(H,12,13). The van der Waals surface area contributed by atoms with E-state index in [4.69, 9.17) is 5.11 Å². The molecule has 14 heavy (non-hydrogen) atoms. The minimum atomic E-state index is -0.818. The smallest absolute Gasteiger partial charge is 0.346 e. The van der Waals surface area contributed by atoms with E-state index < -0.39 is 5.97 Å². The molecular formula is C10H11NO2S. The molecule has 3 nitrogen and oxygen atoms in total. The zero-order valence-corrected chi connectivity index (χ0v) is 8.38. The van der Waals surface area contributed by atoms with Crippen molar-refractivity contribution >= 4 is 17.3 Å². The van der Waals surface area contributed by atoms with E-state index in [-0.39, 0.29) is 5.92 Å². The van der Waals surface area contributed by atoms with Gasteiger partial charge in [-0.1, -0.05) is 6.08 Å². The van der Waals surface area contributed by atoms with E-state index in [9.17, 15) is 4.79 Å². The van der Waals surface area contributed by atoms with E-state index in [1.54, 1.807) is 0 Å². The average molecular weight is 209 g/mol. The Balaban J connectivity index is 2.30. The van der Waals surface area contributed by atoms with Gasteiger partial charge < -0.3 is 10.4 Å². The van der Waals surface area contributed by atoms with Crippen molar-refractivity contribution < 1.29 is 9.90 Å². The third kappa shape index (κ3) is 1.65. The molecule has 0 radical (unpaired) electrons. The Hall–Kier alpha value is -1.29. The summed E-state index contributed by atoms with van der Waals surface area (Å²) in [6.45, 7) is 0.913. The molecule has 0 saturated carbocycles. The lowest BCUT2D eigenvalue weighted by atomic mass is 9.94. The highest BCUT2D eigenvalue weighted by atomic mass is 32.1. The van der Waals surface area contributed by atoms with Gasteiger partial charge in [0.15, 0.2) is 0 Å². The topological polar surface area (TPSA) is 49.3 Å². The van der Waals surface area contributed by atoms with Gasteiger partial charge >= 0.3 is 5.97 Å². The molecule has 0 saturated heterocycles. The minimum Gasteiger partial charge on any atom is -0.477 e. The molecule has 0 bridgehead atoms. The number of hydrogen-bond donors (Lipinski definition) is 2. The van der Waals surface area contributed by atoms with Crippen LogP contribution in [0.15, 0.2) is 23.7 Å². The molecule has 1 aliphatic heterocycles. The van der Waals surface area contributed by atoms with Gasteiger partial charge in [0.1, 0.15) is 4.88 Å². The first kappa shape index (κ1) is 9.27. The summed E-state index contributed by atoms with van der Waals surface area (Å²) in [5.74, 6) is -0.560. The van der Waals surface area contributed by atoms with Gasteiger partial charge in [0.2, 0.25) is 0 Å². The van der Waals surface area contributed by atoms with Gasteiger partial charge in [-0.15, -0.1) is 11.3 Å². The number of hydrogen-bond acceptors (Lipinski definition) is 3. The van der Waals surface area contributed by atoms with Crippen LogP contribution < -0.4 is 5.32 Å². The summed E-state index contributed by atoms with van der Waals surface area (Å²) in [5.41, 5.74) is 0.945. The summed E-state index contributed by atoms with van der Waals surface area (Å²) >= 11 is 1.30. The Kier molecular flexibility index (Phi) is 2.54. The zero-order valence-electron chi connectivity index (χ0n) is 7.56. The zero-order chi connectivity index (χ0) is 9.97. The normalized spacial score (nSPS) is 20.4. The molecule has 0 fully saturated rings. The van der Waals surface area contributed by atoms with E-state index >= 15 is 0 Å². The number of rotatable bonds is 2. The molecule has 0 aliphatic carbocycles.